The van der Waals surface area contributed by atoms with Gasteiger partial charge >= 0.3 is 0 Å². The van der Waals surface area contributed by atoms with Crippen molar-refractivity contribution in [2.75, 3.05) is 33.1 Å². The monoisotopic (exact) mass is 440 g/mol. The highest BCUT2D eigenvalue weighted by Gasteiger charge is 2.44. The Balaban J connectivity index is 1.97. The Hall–Kier alpha value is -0.390. The van der Waals surface area contributed by atoms with E-state index in [-0.39, 0.29) is 19.9 Å². The van der Waals surface area contributed by atoms with E-state index in [1.807, 2.05) is 0 Å². The van der Waals surface area contributed by atoms with Gasteiger partial charge in [0, 0.05) is 6.61 Å². The summed E-state index contributed by atoms with van der Waals surface area (Å²) in [6.45, 7) is -0.286. The van der Waals surface area contributed by atoms with Crippen LogP contribution >= 0.6 is 0 Å². The lowest BCUT2D eigenvalue weighted by Crippen LogP contribution is -2.59. The van der Waals surface area contributed by atoms with Crippen LogP contribution in [0.2, 0.25) is 0 Å². The maximum atomic E-state index is 12.0. The maximum Gasteiger partial charge on any atom is 0.186 e. The molecule has 1 saturated heterocycles. The minimum absolute atomic E-state index is 0.0797. The molecule has 180 valence electrons. The number of aliphatic hydroxyl groups is 5. The number of rotatable bonds is 18. The number of hydrogen-bond acceptors (Lipinski definition) is 8. The smallest absolute Gasteiger partial charge is 0.186 e. The zero-order valence-corrected chi connectivity index (χ0v) is 17.9. The molecule has 1 aliphatic heterocycles. The zero-order valence-electron chi connectivity index (χ0n) is 17.9. The molecule has 0 saturated carbocycles. The fourth-order valence-electron chi connectivity index (χ4n) is 3.39. The number of aliphatic hydroxyl groups excluding tert-OH is 5. The molecule has 1 unspecified atom stereocenters. The fourth-order valence-corrected chi connectivity index (χ4v) is 3.39. The fraction of sp³-hybridized carbons (Fsp3) is 1.00. The van der Waals surface area contributed by atoms with Gasteiger partial charge < -0.3 is 39.7 Å². The third kappa shape index (κ3) is 11.3. The lowest BCUT2D eigenvalue weighted by atomic mass is 9.99. The van der Waals surface area contributed by atoms with Crippen molar-refractivity contribution >= 4 is 0 Å². The molecule has 0 aromatic carbocycles. The highest BCUT2D eigenvalue weighted by molar-refractivity contribution is 4.88. The summed E-state index contributed by atoms with van der Waals surface area (Å²) in [5.74, 6) is 0. The van der Waals surface area contributed by atoms with Gasteiger partial charge in [-0.2, -0.15) is 0 Å². The lowest BCUT2D eigenvalue weighted by Gasteiger charge is -2.39. The van der Waals surface area contributed by atoms with Gasteiger partial charge in [-0.3, -0.25) is 4.39 Å². The van der Waals surface area contributed by atoms with Crippen LogP contribution in [-0.2, 0) is 14.2 Å². The van der Waals surface area contributed by atoms with E-state index in [9.17, 15) is 24.8 Å². The van der Waals surface area contributed by atoms with Crippen LogP contribution in [0.4, 0.5) is 4.39 Å². The van der Waals surface area contributed by atoms with E-state index in [0.29, 0.717) is 13.0 Å². The quantitative estimate of drug-likeness (QED) is 0.200. The van der Waals surface area contributed by atoms with Crippen molar-refractivity contribution in [2.24, 2.45) is 0 Å². The zero-order chi connectivity index (χ0) is 22.2. The van der Waals surface area contributed by atoms with Gasteiger partial charge in [-0.25, -0.2) is 0 Å². The van der Waals surface area contributed by atoms with Crippen molar-refractivity contribution in [3.63, 3.8) is 0 Å². The van der Waals surface area contributed by atoms with Crippen molar-refractivity contribution in [3.8, 4) is 0 Å². The second-order valence-electron chi connectivity index (χ2n) is 7.98. The first kappa shape index (κ1) is 27.6. The Morgan fingerprint density at radius 3 is 1.90 bits per heavy atom. The van der Waals surface area contributed by atoms with Crippen molar-refractivity contribution in [1.82, 2.24) is 0 Å². The summed E-state index contributed by atoms with van der Waals surface area (Å²) in [4.78, 5) is 0. The van der Waals surface area contributed by atoms with E-state index in [2.05, 4.69) is 0 Å². The van der Waals surface area contributed by atoms with Gasteiger partial charge in [0.25, 0.3) is 0 Å². The van der Waals surface area contributed by atoms with E-state index < -0.39 is 43.4 Å². The topological polar surface area (TPSA) is 129 Å². The van der Waals surface area contributed by atoms with Crippen molar-refractivity contribution in [2.45, 2.75) is 101 Å². The largest absolute Gasteiger partial charge is 0.394 e. The van der Waals surface area contributed by atoms with Gasteiger partial charge in [-0.15, -0.1) is 0 Å². The number of alkyl halides is 1. The molecule has 0 aromatic heterocycles. The third-order valence-electron chi connectivity index (χ3n) is 5.28. The van der Waals surface area contributed by atoms with Gasteiger partial charge in [0.05, 0.1) is 26.5 Å². The summed E-state index contributed by atoms with van der Waals surface area (Å²) in [6, 6.07) is 0. The standard InChI is InChI=1S/C21H41FO8/c22-11-9-7-5-3-1-2-4-6-8-10-12-28-14-16(24)15-29-21-20(27)19(26)18(25)17(13-23)30-21/h16-21,23-27H,1-15H2/t16?,17-,18+,19+,20-,21-/m1/s1. The lowest BCUT2D eigenvalue weighted by molar-refractivity contribution is -0.305. The molecular formula is C21H41FO8. The van der Waals surface area contributed by atoms with Crippen LogP contribution < -0.4 is 0 Å². The van der Waals surface area contributed by atoms with Gasteiger partial charge in [0.2, 0.25) is 0 Å². The third-order valence-corrected chi connectivity index (χ3v) is 5.28. The van der Waals surface area contributed by atoms with Gasteiger partial charge in [-0.1, -0.05) is 51.4 Å². The summed E-state index contributed by atoms with van der Waals surface area (Å²) < 4.78 is 27.9. The van der Waals surface area contributed by atoms with Crippen LogP contribution in [0, 0.1) is 0 Å². The molecule has 5 N–H and O–H groups in total. The van der Waals surface area contributed by atoms with Crippen molar-refractivity contribution < 1.29 is 44.1 Å². The summed E-state index contributed by atoms with van der Waals surface area (Å²) in [6.07, 6.45) is 3.11. The van der Waals surface area contributed by atoms with Crippen LogP contribution in [0.15, 0.2) is 0 Å². The molecule has 0 amide bonds. The normalized spacial score (nSPS) is 28.0. The minimum atomic E-state index is -1.50. The molecule has 1 heterocycles. The first-order valence-corrected chi connectivity index (χ1v) is 11.2. The van der Waals surface area contributed by atoms with Crippen LogP contribution in [0.1, 0.15) is 64.2 Å². The first-order valence-electron chi connectivity index (χ1n) is 11.2. The second kappa shape index (κ2) is 17.2. The van der Waals surface area contributed by atoms with Crippen LogP contribution in [-0.4, -0.2) is 95.4 Å². The average Bonchev–Trinajstić information content (AvgIpc) is 2.75. The minimum Gasteiger partial charge on any atom is -0.394 e. The van der Waals surface area contributed by atoms with Crippen LogP contribution in [0.3, 0.4) is 0 Å². The number of unbranched alkanes of at least 4 members (excludes halogenated alkanes) is 9. The Labute approximate surface area is 179 Å². The predicted molar refractivity (Wildman–Crippen MR) is 109 cm³/mol. The first-order chi connectivity index (χ1) is 14.5. The van der Waals surface area contributed by atoms with E-state index >= 15 is 0 Å². The molecule has 0 radical (unpaired) electrons. The van der Waals surface area contributed by atoms with Gasteiger partial charge in [0.15, 0.2) is 6.29 Å². The Morgan fingerprint density at radius 1 is 0.767 bits per heavy atom. The molecule has 8 nitrogen and oxygen atoms in total. The molecule has 1 rings (SSSR count). The number of halogens is 1. The molecule has 6 atom stereocenters. The molecular weight excluding hydrogens is 399 g/mol. The van der Waals surface area contributed by atoms with Crippen LogP contribution in [0.5, 0.6) is 0 Å². The molecule has 1 aliphatic rings. The highest BCUT2D eigenvalue weighted by Crippen LogP contribution is 2.22. The molecule has 1 fully saturated rings. The number of ether oxygens (including phenoxy) is 3. The highest BCUT2D eigenvalue weighted by atomic mass is 19.1. The summed E-state index contributed by atoms with van der Waals surface area (Å²) in [5.41, 5.74) is 0. The van der Waals surface area contributed by atoms with E-state index in [0.717, 1.165) is 32.1 Å². The summed E-state index contributed by atoms with van der Waals surface area (Å²) in [7, 11) is 0. The van der Waals surface area contributed by atoms with Gasteiger partial charge in [0.1, 0.15) is 30.5 Å². The van der Waals surface area contributed by atoms with E-state index in [1.165, 1.54) is 25.7 Å². The predicted octanol–water partition coefficient (Wildman–Crippen LogP) is 1.05. The average molecular weight is 441 g/mol. The SMILES string of the molecule is OC[C@H]1O[C@@H](OCC(O)COCCCCCCCCCCCCF)[C@H](O)[C@@H](O)[C@H]1O. The Morgan fingerprint density at radius 2 is 1.33 bits per heavy atom. The number of hydrogen-bond donors (Lipinski definition) is 5. The molecule has 0 aromatic rings. The van der Waals surface area contributed by atoms with E-state index in [4.69, 9.17) is 19.3 Å². The summed E-state index contributed by atoms with van der Waals surface area (Å²) in [5, 5.41) is 48.3. The molecule has 30 heavy (non-hydrogen) atoms. The Kier molecular flexibility index (Phi) is 15.8. The van der Waals surface area contributed by atoms with E-state index in [1.54, 1.807) is 0 Å². The maximum absolute atomic E-state index is 12.0. The van der Waals surface area contributed by atoms with Gasteiger partial charge in [-0.05, 0) is 12.8 Å². The van der Waals surface area contributed by atoms with Crippen LogP contribution in [0.25, 0.3) is 0 Å². The Bertz CT molecular complexity index is 401. The summed E-state index contributed by atoms with van der Waals surface area (Å²) >= 11 is 0. The van der Waals surface area contributed by atoms with Crippen molar-refractivity contribution in [3.05, 3.63) is 0 Å². The molecule has 0 bridgehead atoms. The molecule has 0 aliphatic carbocycles. The van der Waals surface area contributed by atoms with Crippen molar-refractivity contribution in [1.29, 1.82) is 0 Å². The molecule has 9 heteroatoms. The second-order valence-corrected chi connectivity index (χ2v) is 7.98. The molecule has 0 spiro atoms.